The van der Waals surface area contributed by atoms with E-state index in [9.17, 15) is 0 Å². The highest BCUT2D eigenvalue weighted by atomic mass is 15.1. The summed E-state index contributed by atoms with van der Waals surface area (Å²) in [6.45, 7) is 3.80. The summed E-state index contributed by atoms with van der Waals surface area (Å²) in [5.74, 6) is 0. The molecule has 0 amide bonds. The number of para-hydroxylation sites is 1. The van der Waals surface area contributed by atoms with E-state index < -0.39 is 0 Å². The van der Waals surface area contributed by atoms with Crippen LogP contribution in [0.1, 0.15) is 5.69 Å². The molecule has 1 aromatic carbocycles. The van der Waals surface area contributed by atoms with E-state index in [-0.39, 0.29) is 0 Å². The van der Waals surface area contributed by atoms with Crippen molar-refractivity contribution in [2.45, 2.75) is 6.54 Å². The first-order chi connectivity index (χ1) is 8.83. The van der Waals surface area contributed by atoms with Gasteiger partial charge in [-0.3, -0.25) is 9.88 Å². The van der Waals surface area contributed by atoms with E-state index in [1.807, 2.05) is 18.2 Å². The van der Waals surface area contributed by atoms with Gasteiger partial charge in [0.05, 0.1) is 11.2 Å². The Morgan fingerprint density at radius 2 is 1.67 bits per heavy atom. The Hall–Kier alpha value is -1.49. The lowest BCUT2D eigenvalue weighted by Gasteiger charge is -2.20. The Kier molecular flexibility index (Phi) is 4.64. The van der Waals surface area contributed by atoms with Crippen molar-refractivity contribution in [1.29, 1.82) is 0 Å². The molecule has 0 saturated heterocycles. The van der Waals surface area contributed by atoms with Gasteiger partial charge in [0, 0.05) is 38.1 Å². The van der Waals surface area contributed by atoms with Gasteiger partial charge < -0.3 is 11.5 Å². The molecule has 18 heavy (non-hydrogen) atoms. The summed E-state index contributed by atoms with van der Waals surface area (Å²) >= 11 is 0. The number of benzene rings is 1. The molecule has 0 spiro atoms. The zero-order valence-electron chi connectivity index (χ0n) is 10.5. The Balaban J connectivity index is 2.14. The highest BCUT2D eigenvalue weighted by molar-refractivity contribution is 5.78. The summed E-state index contributed by atoms with van der Waals surface area (Å²) < 4.78 is 0. The van der Waals surface area contributed by atoms with E-state index in [1.165, 1.54) is 5.39 Å². The van der Waals surface area contributed by atoms with Crippen molar-refractivity contribution < 1.29 is 0 Å². The molecule has 2 rings (SSSR count). The molecule has 0 saturated carbocycles. The van der Waals surface area contributed by atoms with Crippen LogP contribution in [0.2, 0.25) is 0 Å². The van der Waals surface area contributed by atoms with Crippen molar-refractivity contribution >= 4 is 10.9 Å². The quantitative estimate of drug-likeness (QED) is 0.794. The van der Waals surface area contributed by atoms with Gasteiger partial charge in [0.15, 0.2) is 0 Å². The number of fused-ring (bicyclic) bond motifs is 1. The monoisotopic (exact) mass is 244 g/mol. The Bertz CT molecular complexity index is 492. The summed E-state index contributed by atoms with van der Waals surface area (Å²) in [6, 6.07) is 12.3. The first kappa shape index (κ1) is 13.0. The van der Waals surface area contributed by atoms with Crippen molar-refractivity contribution in [1.82, 2.24) is 9.88 Å². The molecule has 0 aliphatic rings. The molecule has 1 heterocycles. The minimum Gasteiger partial charge on any atom is -0.329 e. The predicted molar refractivity (Wildman–Crippen MR) is 75.1 cm³/mol. The largest absolute Gasteiger partial charge is 0.329 e. The molecule has 0 bridgehead atoms. The van der Waals surface area contributed by atoms with Gasteiger partial charge in [-0.2, -0.15) is 0 Å². The number of rotatable bonds is 6. The van der Waals surface area contributed by atoms with Crippen molar-refractivity contribution in [3.8, 4) is 0 Å². The van der Waals surface area contributed by atoms with E-state index in [4.69, 9.17) is 11.5 Å². The van der Waals surface area contributed by atoms with E-state index in [0.29, 0.717) is 13.1 Å². The van der Waals surface area contributed by atoms with Crippen molar-refractivity contribution in [2.24, 2.45) is 11.5 Å². The number of aromatic nitrogens is 1. The third kappa shape index (κ3) is 3.26. The van der Waals surface area contributed by atoms with Crippen LogP contribution < -0.4 is 11.5 Å². The zero-order chi connectivity index (χ0) is 12.8. The molecule has 4 heteroatoms. The van der Waals surface area contributed by atoms with Crippen LogP contribution in [0.25, 0.3) is 10.9 Å². The fourth-order valence-corrected chi connectivity index (χ4v) is 2.06. The van der Waals surface area contributed by atoms with Crippen LogP contribution >= 0.6 is 0 Å². The van der Waals surface area contributed by atoms with Crippen LogP contribution in [0.15, 0.2) is 36.4 Å². The number of nitrogens with zero attached hydrogens (tertiary/aromatic N) is 2. The predicted octanol–water partition coefficient (Wildman–Crippen LogP) is 0.954. The maximum absolute atomic E-state index is 5.60. The van der Waals surface area contributed by atoms with Gasteiger partial charge >= 0.3 is 0 Å². The lowest BCUT2D eigenvalue weighted by atomic mass is 10.2. The second-order valence-corrected chi connectivity index (χ2v) is 4.35. The van der Waals surface area contributed by atoms with Crippen LogP contribution in [0.5, 0.6) is 0 Å². The summed E-state index contributed by atoms with van der Waals surface area (Å²) in [5, 5.41) is 1.17. The van der Waals surface area contributed by atoms with Crippen molar-refractivity contribution in [3.05, 3.63) is 42.1 Å². The van der Waals surface area contributed by atoms with Crippen LogP contribution in [-0.4, -0.2) is 36.1 Å². The third-order valence-corrected chi connectivity index (χ3v) is 2.93. The number of hydrogen-bond donors (Lipinski definition) is 2. The van der Waals surface area contributed by atoms with Gasteiger partial charge in [0.1, 0.15) is 0 Å². The number of hydrogen-bond acceptors (Lipinski definition) is 4. The molecule has 0 atom stereocenters. The minimum absolute atomic E-state index is 0.646. The molecule has 1 aromatic heterocycles. The maximum Gasteiger partial charge on any atom is 0.0705 e. The van der Waals surface area contributed by atoms with E-state index in [0.717, 1.165) is 30.8 Å². The van der Waals surface area contributed by atoms with Crippen molar-refractivity contribution in [3.63, 3.8) is 0 Å². The smallest absolute Gasteiger partial charge is 0.0705 e. The molecular formula is C14H20N4. The standard InChI is InChI=1S/C14H20N4/c15-7-9-18(10-8-16)11-13-6-5-12-3-1-2-4-14(12)17-13/h1-6H,7-11,15-16H2. The second kappa shape index (κ2) is 6.44. The molecular weight excluding hydrogens is 224 g/mol. The lowest BCUT2D eigenvalue weighted by molar-refractivity contribution is 0.278. The Morgan fingerprint density at radius 1 is 0.944 bits per heavy atom. The molecule has 4 N–H and O–H groups in total. The van der Waals surface area contributed by atoms with Crippen LogP contribution in [0, 0.1) is 0 Å². The highest BCUT2D eigenvalue weighted by Crippen LogP contribution is 2.12. The Labute approximate surface area is 108 Å². The van der Waals surface area contributed by atoms with Gasteiger partial charge in [-0.15, -0.1) is 0 Å². The van der Waals surface area contributed by atoms with Gasteiger partial charge in [-0.25, -0.2) is 0 Å². The molecule has 0 fully saturated rings. The van der Waals surface area contributed by atoms with Gasteiger partial charge in [0.2, 0.25) is 0 Å². The number of pyridine rings is 1. The normalized spacial score (nSPS) is 11.3. The average molecular weight is 244 g/mol. The van der Waals surface area contributed by atoms with Crippen LogP contribution in [0.4, 0.5) is 0 Å². The highest BCUT2D eigenvalue weighted by Gasteiger charge is 2.05. The topological polar surface area (TPSA) is 68.2 Å². The summed E-state index contributed by atoms with van der Waals surface area (Å²) in [4.78, 5) is 6.89. The SMILES string of the molecule is NCCN(CCN)Cc1ccc2ccccc2n1. The second-order valence-electron chi connectivity index (χ2n) is 4.35. The molecule has 96 valence electrons. The molecule has 0 aliphatic heterocycles. The fraction of sp³-hybridized carbons (Fsp3) is 0.357. The first-order valence-electron chi connectivity index (χ1n) is 6.30. The van der Waals surface area contributed by atoms with Gasteiger partial charge in [-0.1, -0.05) is 24.3 Å². The maximum atomic E-state index is 5.60. The third-order valence-electron chi connectivity index (χ3n) is 2.93. The van der Waals surface area contributed by atoms with Gasteiger partial charge in [0.25, 0.3) is 0 Å². The summed E-state index contributed by atoms with van der Waals surface area (Å²) in [5.41, 5.74) is 13.3. The van der Waals surface area contributed by atoms with E-state index in [2.05, 4.69) is 28.1 Å². The minimum atomic E-state index is 0.646. The van der Waals surface area contributed by atoms with Crippen LogP contribution in [-0.2, 0) is 6.54 Å². The fourth-order valence-electron chi connectivity index (χ4n) is 2.06. The van der Waals surface area contributed by atoms with Gasteiger partial charge in [-0.05, 0) is 12.1 Å². The zero-order valence-corrected chi connectivity index (χ0v) is 10.5. The number of nitrogens with two attached hydrogens (primary N) is 2. The van der Waals surface area contributed by atoms with E-state index in [1.54, 1.807) is 0 Å². The average Bonchev–Trinajstić information content (AvgIpc) is 2.39. The molecule has 0 radical (unpaired) electrons. The molecule has 0 aliphatic carbocycles. The van der Waals surface area contributed by atoms with E-state index >= 15 is 0 Å². The first-order valence-corrected chi connectivity index (χ1v) is 6.30. The molecule has 4 nitrogen and oxygen atoms in total. The summed E-state index contributed by atoms with van der Waals surface area (Å²) in [7, 11) is 0. The lowest BCUT2D eigenvalue weighted by Crippen LogP contribution is -2.33. The van der Waals surface area contributed by atoms with Crippen LogP contribution in [0.3, 0.4) is 0 Å². The Morgan fingerprint density at radius 3 is 2.39 bits per heavy atom. The molecule has 0 unspecified atom stereocenters. The molecule has 2 aromatic rings. The van der Waals surface area contributed by atoms with Crippen molar-refractivity contribution in [2.75, 3.05) is 26.2 Å². The summed E-state index contributed by atoms with van der Waals surface area (Å²) in [6.07, 6.45) is 0.